The molecular formula is C60H100O60. The van der Waals surface area contributed by atoms with Gasteiger partial charge in [-0.1, -0.05) is 0 Å². The van der Waals surface area contributed by atoms with Crippen LogP contribution in [0.1, 0.15) is 0 Å². The number of rotatable bonds is 10. The fourth-order valence-corrected chi connectivity index (χ4v) is 13.7. The van der Waals surface area contributed by atoms with Gasteiger partial charge in [0.05, 0.1) is 66.1 Å². The third-order valence-electron chi connectivity index (χ3n) is 20.8. The molecule has 38 heterocycles. The van der Waals surface area contributed by atoms with Crippen LogP contribution in [-0.4, -0.2) is 526 Å². The van der Waals surface area contributed by atoms with Gasteiger partial charge in [-0.25, -0.2) is 97.8 Å². The summed E-state index contributed by atoms with van der Waals surface area (Å²) < 4.78 is 54.7. The van der Waals surface area contributed by atoms with Crippen LogP contribution in [0.2, 0.25) is 0 Å². The van der Waals surface area contributed by atoms with Crippen molar-refractivity contribution in [1.29, 1.82) is 0 Å². The molecule has 38 fully saturated rings. The fourth-order valence-electron chi connectivity index (χ4n) is 13.7. The average molecular weight is 1780 g/mol. The van der Waals surface area contributed by atoms with Crippen LogP contribution in [0.25, 0.3) is 0 Å². The molecule has 30 N–H and O–H groups in total. The van der Waals surface area contributed by atoms with Crippen molar-refractivity contribution in [2.24, 2.45) is 0 Å². The highest BCUT2D eigenvalue weighted by Gasteiger charge is 2.60. The standard InChI is InChI=1S/C60H100O60/c61-1-11-41-21(71)31(81)51(91-11)111-102-42-12(2-62)93-53(33(83)23(42)73)113-104-44-14(4-64)95-55(35(85)25(44)75)115-106-46-16(6-66)97-57(37(87)27(46)77)117-108-48-18(8-68)99-59(39(89)29(48)79)119-110-50-20(10-70)100-60(40(90)30(50)80)120-109-49-19(9-69)98-58(38(88)28(49)78)118-107-47-17(7-67)96-56(36(86)26(47)76)116-105-45-15(5-65)94-54(34(84)24(45)74)114-103-43-13(3-63)92-52(112-101-41)32(82)22(43)72/h11-90H,1-10H2/t11?,12?,13?,14?,15?,16?,17?,18?,19?,20?,21-,22-,23-,24-,25-,26-,27-,28-,29-,30-,31?,32?,33?,34?,35?,36?,37?,38?,39?,40?,41-,42-,43-,44-,45-,46-,47-,48-,49-,50-,51-,52-,53-,54-,55-,56-,57-,58-,59-,60+/m1/s1. The Labute approximate surface area is 670 Å². The van der Waals surface area contributed by atoms with Crippen molar-refractivity contribution in [3.8, 4) is 0 Å². The molecule has 38 aliphatic heterocycles. The first-order chi connectivity index (χ1) is 57.4. The van der Waals surface area contributed by atoms with Gasteiger partial charge in [-0.05, 0) is 0 Å². The van der Waals surface area contributed by atoms with Crippen LogP contribution < -0.4 is 0 Å². The van der Waals surface area contributed by atoms with Crippen LogP contribution in [-0.2, 0) is 145 Å². The second kappa shape index (κ2) is 44.3. The maximum absolute atomic E-state index is 11.2. The number of aliphatic hydroxyl groups excluding tert-OH is 30. The molecule has 60 nitrogen and oxygen atoms in total. The third-order valence-corrected chi connectivity index (χ3v) is 20.8. The van der Waals surface area contributed by atoms with Gasteiger partial charge in [0.25, 0.3) is 0 Å². The summed E-state index contributed by atoms with van der Waals surface area (Å²) in [5, 5.41) is 326. The quantitative estimate of drug-likeness (QED) is 0.0903. The van der Waals surface area contributed by atoms with Gasteiger partial charge in [-0.15, -0.1) is 0 Å². The molecule has 60 heteroatoms. The molecular weight excluding hydrogens is 1680 g/mol. The Hall–Kier alpha value is -2.40. The smallest absolute Gasteiger partial charge is 0.220 e. The summed E-state index contributed by atoms with van der Waals surface area (Å²) in [6.07, 6.45) is -106. The molecule has 0 saturated carbocycles. The third kappa shape index (κ3) is 21.2. The predicted molar refractivity (Wildman–Crippen MR) is 337 cm³/mol. The minimum absolute atomic E-state index is 1.13. The van der Waals surface area contributed by atoms with E-state index in [1.54, 1.807) is 0 Å². The lowest BCUT2D eigenvalue weighted by molar-refractivity contribution is -0.515. The molecule has 0 spiro atoms. The van der Waals surface area contributed by atoms with Gasteiger partial charge in [-0.2, -0.15) is 0 Å². The molecule has 0 aliphatic carbocycles. The Bertz CT molecular complexity index is 2350. The molecule has 0 amide bonds. The minimum Gasteiger partial charge on any atom is -0.394 e. The molecule has 20 unspecified atom stereocenters. The summed E-state index contributed by atoms with van der Waals surface area (Å²) in [6, 6.07) is 0. The molecule has 38 saturated heterocycles. The van der Waals surface area contributed by atoms with E-state index in [9.17, 15) is 153 Å². The van der Waals surface area contributed by atoms with Crippen molar-refractivity contribution < 1.29 is 298 Å². The second-order valence-corrected chi connectivity index (χ2v) is 28.6. The van der Waals surface area contributed by atoms with Gasteiger partial charge in [0, 0.05) is 0 Å². The highest BCUT2D eigenvalue weighted by atomic mass is 17.3. The van der Waals surface area contributed by atoms with E-state index < -0.39 is 373 Å². The molecule has 20 bridgehead atoms. The van der Waals surface area contributed by atoms with Crippen molar-refractivity contribution in [3.05, 3.63) is 0 Å². The van der Waals surface area contributed by atoms with Crippen molar-refractivity contribution in [2.75, 3.05) is 66.1 Å². The van der Waals surface area contributed by atoms with Crippen LogP contribution in [0.5, 0.6) is 0 Å². The Balaban J connectivity index is 0.749. The normalized spacial score (nSPS) is 52.8. The van der Waals surface area contributed by atoms with E-state index in [2.05, 4.69) is 0 Å². The summed E-state index contributed by atoms with van der Waals surface area (Å²) in [6.45, 7) is -11.3. The number of hydrogen-bond donors (Lipinski definition) is 30. The lowest BCUT2D eigenvalue weighted by atomic mass is 9.99. The summed E-state index contributed by atoms with van der Waals surface area (Å²) in [4.78, 5) is 103. The van der Waals surface area contributed by atoms with Crippen molar-refractivity contribution in [2.45, 2.75) is 307 Å². The van der Waals surface area contributed by atoms with Crippen LogP contribution >= 0.6 is 0 Å². The van der Waals surface area contributed by atoms with Crippen LogP contribution in [0, 0.1) is 0 Å². The Morgan fingerprint density at radius 1 is 0.108 bits per heavy atom. The molecule has 0 radical (unpaired) electrons. The summed E-state index contributed by atoms with van der Waals surface area (Å²) in [5.74, 6) is 0. The average Bonchev–Trinajstić information content (AvgIpc) is 0.794. The van der Waals surface area contributed by atoms with E-state index in [4.69, 9.17) is 145 Å². The van der Waals surface area contributed by atoms with Crippen molar-refractivity contribution >= 4 is 0 Å². The molecule has 0 aromatic heterocycles. The second-order valence-electron chi connectivity index (χ2n) is 28.6. The zero-order valence-corrected chi connectivity index (χ0v) is 61.6. The van der Waals surface area contributed by atoms with Gasteiger partial charge < -0.3 is 201 Å². The zero-order chi connectivity index (χ0) is 87.2. The maximum atomic E-state index is 11.2. The molecule has 120 heavy (non-hydrogen) atoms. The topological polar surface area (TPSA) is 884 Å². The SMILES string of the molecule is OCC1O[C@H]2OO[C@@H]3C(CO)O[C@H](OO[C@@H]4C(CO)O[C@H](OO[C@@H]5C(CO)O[C@H](OO[C@@H]6C(CO)O[C@H](OO[C@@H]7C(CO)O[C@H](OO[C@@H]8C(CO)O[C@H](OO[C@@H]9C(CO)O[C@H](OO[C@@H]%10C(CO)O[C@H](OO[C@@H]%11C(CO)O[C@H](OO[C@H]1[C@H](O)C2O)C(O)[C@H]%11O)C(O)[C@H]%10O)C(O)[C@H]9O)C(O)[C@H]8O)C(O)[C@H]7O)C(O)[C@H]6O)C(O)[C@H]5O)C(O)[C@H]4O)C(O)[C@H]3O. The summed E-state index contributed by atoms with van der Waals surface area (Å²) >= 11 is 0. The van der Waals surface area contributed by atoms with E-state index >= 15 is 0 Å². The molecule has 50 atom stereocenters. The Kier molecular flexibility index (Phi) is 36.2. The minimum atomic E-state index is -2.30. The van der Waals surface area contributed by atoms with Crippen molar-refractivity contribution in [3.63, 3.8) is 0 Å². The summed E-state index contributed by atoms with van der Waals surface area (Å²) in [7, 11) is 0. The molecule has 700 valence electrons. The monoisotopic (exact) mass is 1780 g/mol. The van der Waals surface area contributed by atoms with E-state index in [-0.39, 0.29) is 0 Å². The van der Waals surface area contributed by atoms with Gasteiger partial charge in [0.15, 0.2) is 0 Å². The van der Waals surface area contributed by atoms with E-state index in [1.165, 1.54) is 0 Å². The molecule has 38 rings (SSSR count). The fraction of sp³-hybridized carbons (Fsp3) is 1.00. The Morgan fingerprint density at radius 3 is 0.250 bits per heavy atom. The molecule has 38 aliphatic rings. The van der Waals surface area contributed by atoms with Gasteiger partial charge in [0.2, 0.25) is 62.9 Å². The number of aliphatic hydroxyl groups is 30. The van der Waals surface area contributed by atoms with E-state index in [0.717, 1.165) is 0 Å². The first kappa shape index (κ1) is 98.2. The lowest BCUT2D eigenvalue weighted by Crippen LogP contribution is -2.64. The number of hydrogen-bond acceptors (Lipinski definition) is 60. The molecule has 0 aromatic rings. The van der Waals surface area contributed by atoms with Gasteiger partial charge >= 0.3 is 0 Å². The Morgan fingerprint density at radius 2 is 0.183 bits per heavy atom. The zero-order valence-electron chi connectivity index (χ0n) is 61.6. The van der Waals surface area contributed by atoms with Crippen molar-refractivity contribution in [1.82, 2.24) is 0 Å². The maximum Gasteiger partial charge on any atom is 0.220 e. The van der Waals surface area contributed by atoms with Crippen LogP contribution in [0.3, 0.4) is 0 Å². The van der Waals surface area contributed by atoms with E-state index in [0.29, 0.717) is 0 Å². The predicted octanol–water partition coefficient (Wildman–Crippen LogP) is -22.4. The largest absolute Gasteiger partial charge is 0.394 e. The highest BCUT2D eigenvalue weighted by molar-refractivity contribution is 4.99. The summed E-state index contributed by atoms with van der Waals surface area (Å²) in [5.41, 5.74) is 0. The van der Waals surface area contributed by atoms with Crippen LogP contribution in [0.4, 0.5) is 0 Å². The van der Waals surface area contributed by atoms with Crippen LogP contribution in [0.15, 0.2) is 0 Å². The van der Waals surface area contributed by atoms with Gasteiger partial charge in [0.1, 0.15) is 244 Å². The first-order valence-electron chi connectivity index (χ1n) is 36.8. The first-order valence-corrected chi connectivity index (χ1v) is 36.8. The van der Waals surface area contributed by atoms with Gasteiger partial charge in [-0.3, -0.25) is 0 Å². The molecule has 0 aromatic carbocycles. The number of ether oxygens (including phenoxy) is 10. The lowest BCUT2D eigenvalue weighted by Gasteiger charge is -2.45. The highest BCUT2D eigenvalue weighted by Crippen LogP contribution is 2.39. The van der Waals surface area contributed by atoms with E-state index in [1.807, 2.05) is 0 Å².